The predicted octanol–water partition coefficient (Wildman–Crippen LogP) is 4.05. The largest absolute Gasteiger partial charge is 0.411 e. The van der Waals surface area contributed by atoms with Gasteiger partial charge in [0.2, 0.25) is 0 Å². The molecule has 0 spiro atoms. The average molecular weight is 282 g/mol. The summed E-state index contributed by atoms with van der Waals surface area (Å²) in [6, 6.07) is 7.46. The maximum absolute atomic E-state index is 8.78. The quantitative estimate of drug-likeness (QED) is 0.507. The standard InChI is InChI=1S/C12H12ClN3OS/c1-7-11(8(2)16-17)18-12(14-7)15-10-6-4-3-5-9(10)13/h3-6,17H,1-2H3,(H,14,15). The van der Waals surface area contributed by atoms with Crippen molar-refractivity contribution in [3.63, 3.8) is 0 Å². The van der Waals surface area contributed by atoms with Gasteiger partial charge in [0.25, 0.3) is 0 Å². The molecule has 0 aliphatic rings. The zero-order valence-electron chi connectivity index (χ0n) is 9.94. The molecule has 2 N–H and O–H groups in total. The van der Waals surface area contributed by atoms with E-state index in [1.54, 1.807) is 6.92 Å². The summed E-state index contributed by atoms with van der Waals surface area (Å²) in [7, 11) is 0. The molecule has 2 rings (SSSR count). The van der Waals surface area contributed by atoms with E-state index in [-0.39, 0.29) is 0 Å². The second kappa shape index (κ2) is 5.37. The minimum absolute atomic E-state index is 0.553. The summed E-state index contributed by atoms with van der Waals surface area (Å²) >= 11 is 7.49. The third-order valence-corrected chi connectivity index (χ3v) is 3.90. The summed E-state index contributed by atoms with van der Waals surface area (Å²) in [4.78, 5) is 5.23. The third-order valence-electron chi connectivity index (χ3n) is 2.39. The van der Waals surface area contributed by atoms with Crippen LogP contribution >= 0.6 is 22.9 Å². The number of hydrogen-bond donors (Lipinski definition) is 2. The first-order valence-electron chi connectivity index (χ1n) is 5.30. The van der Waals surface area contributed by atoms with E-state index in [0.29, 0.717) is 10.7 Å². The first-order chi connectivity index (χ1) is 8.61. The first-order valence-corrected chi connectivity index (χ1v) is 6.49. The predicted molar refractivity (Wildman–Crippen MR) is 75.6 cm³/mol. The van der Waals surface area contributed by atoms with Gasteiger partial charge in [-0.05, 0) is 26.0 Å². The molecule has 0 bridgehead atoms. The molecule has 0 radical (unpaired) electrons. The molecule has 0 aliphatic carbocycles. The van der Waals surface area contributed by atoms with E-state index in [4.69, 9.17) is 16.8 Å². The summed E-state index contributed by atoms with van der Waals surface area (Å²) in [5, 5.41) is 16.5. The number of oxime groups is 1. The lowest BCUT2D eigenvalue weighted by Gasteiger charge is -2.03. The third kappa shape index (κ3) is 2.63. The van der Waals surface area contributed by atoms with Crippen LogP contribution in [0.15, 0.2) is 29.4 Å². The van der Waals surface area contributed by atoms with Gasteiger partial charge in [-0.15, -0.1) is 0 Å². The van der Waals surface area contributed by atoms with E-state index >= 15 is 0 Å². The number of aromatic nitrogens is 1. The van der Waals surface area contributed by atoms with Gasteiger partial charge in [0.1, 0.15) is 0 Å². The van der Waals surface area contributed by atoms with Crippen molar-refractivity contribution >= 4 is 39.5 Å². The Balaban J connectivity index is 2.29. The molecule has 4 nitrogen and oxygen atoms in total. The van der Waals surface area contributed by atoms with Crippen molar-refractivity contribution in [1.82, 2.24) is 4.98 Å². The number of hydrogen-bond acceptors (Lipinski definition) is 5. The normalized spacial score (nSPS) is 11.6. The molecule has 0 saturated carbocycles. The zero-order chi connectivity index (χ0) is 13.1. The summed E-state index contributed by atoms with van der Waals surface area (Å²) in [5.74, 6) is 0. The van der Waals surface area contributed by atoms with Gasteiger partial charge in [0.05, 0.1) is 27.0 Å². The van der Waals surface area contributed by atoms with E-state index < -0.39 is 0 Å². The van der Waals surface area contributed by atoms with Crippen LogP contribution in [0.2, 0.25) is 5.02 Å². The average Bonchev–Trinajstić information content (AvgIpc) is 2.72. The van der Waals surface area contributed by atoms with Crippen LogP contribution in [0.1, 0.15) is 17.5 Å². The summed E-state index contributed by atoms with van der Waals surface area (Å²) in [6.07, 6.45) is 0. The fraction of sp³-hybridized carbons (Fsp3) is 0.167. The SMILES string of the molecule is CC(=NO)c1sc(Nc2ccccc2Cl)nc1C. The highest BCUT2D eigenvalue weighted by Crippen LogP contribution is 2.29. The van der Waals surface area contributed by atoms with Crippen LogP contribution in [0.3, 0.4) is 0 Å². The second-order valence-corrected chi connectivity index (χ2v) is 5.13. The Morgan fingerprint density at radius 1 is 1.44 bits per heavy atom. The number of thiazole rings is 1. The molecule has 18 heavy (non-hydrogen) atoms. The monoisotopic (exact) mass is 281 g/mol. The van der Waals surface area contributed by atoms with Crippen molar-refractivity contribution in [2.45, 2.75) is 13.8 Å². The fourth-order valence-electron chi connectivity index (χ4n) is 1.51. The zero-order valence-corrected chi connectivity index (χ0v) is 11.5. The highest BCUT2D eigenvalue weighted by molar-refractivity contribution is 7.17. The first kappa shape index (κ1) is 12.9. The van der Waals surface area contributed by atoms with E-state index in [9.17, 15) is 0 Å². The Bertz CT molecular complexity index is 595. The molecule has 0 amide bonds. The lowest BCUT2D eigenvalue weighted by Crippen LogP contribution is -1.92. The maximum atomic E-state index is 8.78. The van der Waals surface area contributed by atoms with Gasteiger partial charge in [0.15, 0.2) is 5.13 Å². The molecule has 1 aromatic carbocycles. The van der Waals surface area contributed by atoms with Gasteiger partial charge < -0.3 is 10.5 Å². The highest BCUT2D eigenvalue weighted by atomic mass is 35.5. The molecule has 0 saturated heterocycles. The molecule has 0 aliphatic heterocycles. The van der Waals surface area contributed by atoms with Crippen molar-refractivity contribution in [2.75, 3.05) is 5.32 Å². The van der Waals surface area contributed by atoms with E-state index in [1.807, 2.05) is 31.2 Å². The van der Waals surface area contributed by atoms with Crippen molar-refractivity contribution in [3.8, 4) is 0 Å². The van der Waals surface area contributed by atoms with Gasteiger partial charge in [-0.1, -0.05) is 40.2 Å². The Morgan fingerprint density at radius 3 is 2.83 bits per heavy atom. The lowest BCUT2D eigenvalue weighted by molar-refractivity contribution is 0.319. The molecule has 1 heterocycles. The van der Waals surface area contributed by atoms with E-state index in [1.165, 1.54) is 11.3 Å². The summed E-state index contributed by atoms with van der Waals surface area (Å²) < 4.78 is 0. The van der Waals surface area contributed by atoms with Gasteiger partial charge >= 0.3 is 0 Å². The Hall–Kier alpha value is -1.59. The molecule has 1 aromatic heterocycles. The minimum atomic E-state index is 0.553. The van der Waals surface area contributed by atoms with Crippen LogP contribution in [0.25, 0.3) is 0 Å². The number of nitrogens with one attached hydrogen (secondary N) is 1. The molecule has 2 aromatic rings. The molecule has 0 atom stereocenters. The molecule has 0 unspecified atom stereocenters. The van der Waals surface area contributed by atoms with Crippen molar-refractivity contribution < 1.29 is 5.21 Å². The van der Waals surface area contributed by atoms with Crippen LogP contribution in [0.5, 0.6) is 0 Å². The van der Waals surface area contributed by atoms with Gasteiger partial charge in [-0.3, -0.25) is 0 Å². The van der Waals surface area contributed by atoms with Crippen LogP contribution in [-0.4, -0.2) is 15.9 Å². The molecular weight excluding hydrogens is 270 g/mol. The van der Waals surface area contributed by atoms with Crippen LogP contribution in [0, 0.1) is 6.92 Å². The highest BCUT2D eigenvalue weighted by Gasteiger charge is 2.11. The number of benzene rings is 1. The number of nitrogens with zero attached hydrogens (tertiary/aromatic N) is 2. The topological polar surface area (TPSA) is 57.5 Å². The van der Waals surface area contributed by atoms with E-state index in [2.05, 4.69) is 15.5 Å². The van der Waals surface area contributed by atoms with Gasteiger partial charge in [-0.2, -0.15) is 0 Å². The summed E-state index contributed by atoms with van der Waals surface area (Å²) in [6.45, 7) is 3.61. The van der Waals surface area contributed by atoms with Crippen molar-refractivity contribution in [3.05, 3.63) is 39.9 Å². The number of para-hydroxylation sites is 1. The maximum Gasteiger partial charge on any atom is 0.188 e. The second-order valence-electron chi connectivity index (χ2n) is 3.72. The smallest absolute Gasteiger partial charge is 0.188 e. The molecule has 0 fully saturated rings. The van der Waals surface area contributed by atoms with Crippen LogP contribution < -0.4 is 5.32 Å². The Labute approximate surface area is 114 Å². The Morgan fingerprint density at radius 2 is 2.17 bits per heavy atom. The van der Waals surface area contributed by atoms with Crippen molar-refractivity contribution in [2.24, 2.45) is 5.16 Å². The molecule has 6 heteroatoms. The fourth-order valence-corrected chi connectivity index (χ4v) is 2.61. The number of halogens is 1. The number of rotatable bonds is 3. The van der Waals surface area contributed by atoms with Crippen molar-refractivity contribution in [1.29, 1.82) is 0 Å². The molecular formula is C12H12ClN3OS. The Kier molecular flexibility index (Phi) is 3.84. The minimum Gasteiger partial charge on any atom is -0.411 e. The summed E-state index contributed by atoms with van der Waals surface area (Å²) in [5.41, 5.74) is 2.18. The van der Waals surface area contributed by atoms with E-state index in [0.717, 1.165) is 21.4 Å². The molecule has 94 valence electrons. The van der Waals surface area contributed by atoms with Gasteiger partial charge in [-0.25, -0.2) is 4.98 Å². The lowest BCUT2D eigenvalue weighted by atomic mass is 10.3. The van der Waals surface area contributed by atoms with Gasteiger partial charge in [0, 0.05) is 0 Å². The van der Waals surface area contributed by atoms with Crippen LogP contribution in [0.4, 0.5) is 10.8 Å². The number of anilines is 2. The number of aryl methyl sites for hydroxylation is 1. The van der Waals surface area contributed by atoms with Crippen LogP contribution in [-0.2, 0) is 0 Å².